The number of benzene rings is 1. The average molecular weight is 481 g/mol. The lowest BCUT2D eigenvalue weighted by Gasteiger charge is -2.41. The summed E-state index contributed by atoms with van der Waals surface area (Å²) in [7, 11) is 1.63. The highest BCUT2D eigenvalue weighted by Gasteiger charge is 2.30. The maximum absolute atomic E-state index is 12.7. The predicted molar refractivity (Wildman–Crippen MR) is 129 cm³/mol. The second-order valence-electron chi connectivity index (χ2n) is 9.17. The molecule has 0 bridgehead atoms. The van der Waals surface area contributed by atoms with E-state index in [0.29, 0.717) is 36.9 Å². The van der Waals surface area contributed by atoms with E-state index in [2.05, 4.69) is 20.5 Å². The maximum atomic E-state index is 12.7. The monoisotopic (exact) mass is 480 g/mol. The number of rotatable bonds is 8. The van der Waals surface area contributed by atoms with Crippen LogP contribution in [0.1, 0.15) is 19.3 Å². The van der Waals surface area contributed by atoms with Gasteiger partial charge in [0.25, 0.3) is 0 Å². The Balaban J connectivity index is 1.26. The zero-order chi connectivity index (χ0) is 23.8. The van der Waals surface area contributed by atoms with E-state index in [1.54, 1.807) is 11.8 Å². The van der Waals surface area contributed by atoms with Gasteiger partial charge in [0, 0.05) is 37.4 Å². The van der Waals surface area contributed by atoms with Crippen molar-refractivity contribution in [1.29, 1.82) is 0 Å². The summed E-state index contributed by atoms with van der Waals surface area (Å²) < 4.78 is 27.3. The molecule has 2 aliphatic rings. The fraction of sp³-hybridized carbons (Fsp3) is 0.500. The largest absolute Gasteiger partial charge is 0.479 e. The molecule has 2 aliphatic heterocycles. The van der Waals surface area contributed by atoms with Gasteiger partial charge < -0.3 is 14.8 Å². The van der Waals surface area contributed by atoms with Gasteiger partial charge in [-0.25, -0.2) is 9.20 Å². The molecule has 10 nitrogen and oxygen atoms in total. The van der Waals surface area contributed by atoms with Crippen molar-refractivity contribution in [3.8, 4) is 17.0 Å². The number of ether oxygens (including phenoxy) is 2. The van der Waals surface area contributed by atoms with Gasteiger partial charge in [0.05, 0.1) is 38.6 Å². The van der Waals surface area contributed by atoms with Gasteiger partial charge in [0.1, 0.15) is 11.0 Å². The van der Waals surface area contributed by atoms with Crippen molar-refractivity contribution in [3.05, 3.63) is 30.5 Å². The maximum Gasteiger partial charge on any atom is 0.244 e. The van der Waals surface area contributed by atoms with E-state index in [-0.39, 0.29) is 6.67 Å². The van der Waals surface area contributed by atoms with Crippen LogP contribution in [-0.2, 0) is 11.3 Å². The van der Waals surface area contributed by atoms with Gasteiger partial charge in [0.2, 0.25) is 11.8 Å². The first kappa shape index (κ1) is 22.2. The number of likely N-dealkylation sites (tertiary alicyclic amines) is 1. The number of hydrogen-bond donors (Lipinski definition) is 1. The van der Waals surface area contributed by atoms with Crippen LogP contribution in [0.25, 0.3) is 27.7 Å². The third kappa shape index (κ3) is 4.19. The van der Waals surface area contributed by atoms with E-state index in [4.69, 9.17) is 19.6 Å². The van der Waals surface area contributed by atoms with E-state index < -0.39 is 0 Å². The molecule has 3 aromatic heterocycles. The Morgan fingerprint density at radius 1 is 1.20 bits per heavy atom. The van der Waals surface area contributed by atoms with E-state index in [1.807, 2.05) is 35.0 Å². The minimum absolute atomic E-state index is 0.323. The summed E-state index contributed by atoms with van der Waals surface area (Å²) in [6.07, 6.45) is 4.41. The standard InChI is InChI=1S/C24H29FN8O2/c1-34-23-22-19(16-3-4-20-21(13-16)32(30-28-20)9-2-8-25)7-12-33(22)29-24(27-23)26-17-5-10-31(11-6-17)18-14-35-15-18/h3-4,7,12-13,17-18H,2,5-6,8-11,14-15H2,1H3,(H,26,29). The van der Waals surface area contributed by atoms with Crippen LogP contribution in [0.2, 0.25) is 0 Å². The summed E-state index contributed by atoms with van der Waals surface area (Å²) in [4.78, 5) is 7.21. The van der Waals surface area contributed by atoms with Crippen LogP contribution < -0.4 is 10.1 Å². The molecule has 4 aromatic rings. The van der Waals surface area contributed by atoms with Crippen molar-refractivity contribution >= 4 is 22.5 Å². The molecule has 2 fully saturated rings. The lowest BCUT2D eigenvalue weighted by molar-refractivity contribution is -0.0705. The van der Waals surface area contributed by atoms with Crippen molar-refractivity contribution in [2.45, 2.75) is 37.9 Å². The van der Waals surface area contributed by atoms with E-state index in [1.165, 1.54) is 0 Å². The predicted octanol–water partition coefficient (Wildman–Crippen LogP) is 2.78. The Labute approximate surface area is 202 Å². The van der Waals surface area contributed by atoms with Gasteiger partial charge >= 0.3 is 0 Å². The molecule has 35 heavy (non-hydrogen) atoms. The fourth-order valence-electron chi connectivity index (χ4n) is 4.96. The summed E-state index contributed by atoms with van der Waals surface area (Å²) in [5.41, 5.74) is 4.36. The average Bonchev–Trinajstić information content (AvgIpc) is 3.46. The van der Waals surface area contributed by atoms with E-state index >= 15 is 0 Å². The molecule has 1 aromatic carbocycles. The lowest BCUT2D eigenvalue weighted by Crippen LogP contribution is -2.53. The SMILES string of the molecule is COc1nc(NC2CCN(C3COC3)CC2)nn2ccc(-c3ccc4nnn(CCCF)c4c3)c12. The van der Waals surface area contributed by atoms with Gasteiger partial charge in [-0.05, 0) is 43.0 Å². The van der Waals surface area contributed by atoms with Gasteiger partial charge in [-0.15, -0.1) is 10.2 Å². The second kappa shape index (κ2) is 9.38. The summed E-state index contributed by atoms with van der Waals surface area (Å²) in [5, 5.41) is 16.6. The highest BCUT2D eigenvalue weighted by Crippen LogP contribution is 2.33. The van der Waals surface area contributed by atoms with Crippen molar-refractivity contribution in [2.75, 3.05) is 45.4 Å². The zero-order valence-electron chi connectivity index (χ0n) is 19.7. The molecule has 0 saturated carbocycles. The van der Waals surface area contributed by atoms with Gasteiger partial charge in [-0.1, -0.05) is 11.3 Å². The normalized spacial score (nSPS) is 17.8. The minimum atomic E-state index is -0.384. The highest BCUT2D eigenvalue weighted by molar-refractivity contribution is 5.89. The molecular weight excluding hydrogens is 451 g/mol. The zero-order valence-corrected chi connectivity index (χ0v) is 19.7. The number of alkyl halides is 1. The Bertz CT molecular complexity index is 1330. The third-order valence-corrected chi connectivity index (χ3v) is 7.00. The smallest absolute Gasteiger partial charge is 0.244 e. The molecule has 2 saturated heterocycles. The van der Waals surface area contributed by atoms with Crippen molar-refractivity contribution in [2.24, 2.45) is 0 Å². The molecule has 11 heteroatoms. The number of piperidine rings is 1. The number of aryl methyl sites for hydroxylation is 1. The fourth-order valence-corrected chi connectivity index (χ4v) is 4.96. The third-order valence-electron chi connectivity index (χ3n) is 7.00. The van der Waals surface area contributed by atoms with Crippen LogP contribution in [0.3, 0.4) is 0 Å². The van der Waals surface area contributed by atoms with Crippen LogP contribution in [0.15, 0.2) is 30.5 Å². The van der Waals surface area contributed by atoms with Crippen LogP contribution >= 0.6 is 0 Å². The summed E-state index contributed by atoms with van der Waals surface area (Å²) in [6.45, 7) is 3.92. The highest BCUT2D eigenvalue weighted by atomic mass is 19.1. The number of aromatic nitrogens is 6. The van der Waals surface area contributed by atoms with Crippen molar-refractivity contribution in [1.82, 2.24) is 34.5 Å². The second-order valence-corrected chi connectivity index (χ2v) is 9.17. The molecule has 0 radical (unpaired) electrons. The Kier molecular flexibility index (Phi) is 5.95. The van der Waals surface area contributed by atoms with Crippen LogP contribution in [0, 0.1) is 0 Å². The molecule has 0 spiro atoms. The number of anilines is 1. The molecule has 0 unspecified atom stereocenters. The van der Waals surface area contributed by atoms with Gasteiger partial charge in [-0.2, -0.15) is 4.98 Å². The first-order chi connectivity index (χ1) is 17.2. The van der Waals surface area contributed by atoms with Crippen LogP contribution in [-0.4, -0.2) is 86.7 Å². The van der Waals surface area contributed by atoms with E-state index in [9.17, 15) is 4.39 Å². The first-order valence-corrected chi connectivity index (χ1v) is 12.1. The molecule has 0 amide bonds. The lowest BCUT2D eigenvalue weighted by atomic mass is 10.0. The Morgan fingerprint density at radius 3 is 2.80 bits per heavy atom. The number of nitrogens with zero attached hydrogens (tertiary/aromatic N) is 7. The Hall–Kier alpha value is -3.31. The molecule has 5 heterocycles. The number of fused-ring (bicyclic) bond motifs is 2. The van der Waals surface area contributed by atoms with Gasteiger partial charge in [-0.3, -0.25) is 9.29 Å². The van der Waals surface area contributed by atoms with Crippen LogP contribution in [0.4, 0.5) is 10.3 Å². The number of nitrogens with one attached hydrogen (secondary N) is 1. The quantitative estimate of drug-likeness (QED) is 0.412. The first-order valence-electron chi connectivity index (χ1n) is 12.1. The summed E-state index contributed by atoms with van der Waals surface area (Å²) in [5.74, 6) is 1.07. The van der Waals surface area contributed by atoms with E-state index in [0.717, 1.165) is 66.8 Å². The summed E-state index contributed by atoms with van der Waals surface area (Å²) >= 11 is 0. The molecule has 6 rings (SSSR count). The molecule has 0 atom stereocenters. The van der Waals surface area contributed by atoms with Crippen molar-refractivity contribution in [3.63, 3.8) is 0 Å². The minimum Gasteiger partial charge on any atom is -0.479 e. The Morgan fingerprint density at radius 2 is 2.06 bits per heavy atom. The number of hydrogen-bond acceptors (Lipinski definition) is 8. The molecule has 184 valence electrons. The number of methoxy groups -OCH3 is 1. The molecule has 0 aliphatic carbocycles. The summed E-state index contributed by atoms with van der Waals surface area (Å²) in [6, 6.07) is 8.86. The topological polar surface area (TPSA) is 94.6 Å². The van der Waals surface area contributed by atoms with Crippen LogP contribution in [0.5, 0.6) is 5.88 Å². The van der Waals surface area contributed by atoms with Gasteiger partial charge in [0.15, 0.2) is 0 Å². The molecule has 1 N–H and O–H groups in total. The molecular formula is C24H29FN8O2. The van der Waals surface area contributed by atoms with Crippen molar-refractivity contribution < 1.29 is 13.9 Å². The number of halogens is 1.